The number of nitrogens with two attached hydrogens (primary N) is 1. The van der Waals surface area contributed by atoms with Crippen LogP contribution in [0.5, 0.6) is 0 Å². The largest absolute Gasteiger partial charge is 0.338 e. The Kier molecular flexibility index (Phi) is 5.28. The zero-order valence-electron chi connectivity index (χ0n) is 12.3. The molecule has 2 N–H and O–H groups in total. The summed E-state index contributed by atoms with van der Waals surface area (Å²) in [5.41, 5.74) is 6.53. The quantitative estimate of drug-likeness (QED) is 0.928. The Morgan fingerprint density at radius 2 is 2.10 bits per heavy atom. The van der Waals surface area contributed by atoms with Crippen LogP contribution in [0.25, 0.3) is 0 Å². The number of halogens is 2. The van der Waals surface area contributed by atoms with Gasteiger partial charge in [0.1, 0.15) is 0 Å². The van der Waals surface area contributed by atoms with E-state index < -0.39 is 11.6 Å². The smallest absolute Gasteiger partial charge is 0.226 e. The van der Waals surface area contributed by atoms with Crippen molar-refractivity contribution in [2.45, 2.75) is 45.2 Å². The molecular formula is C16H22F2N2O. The molecular weight excluding hydrogens is 274 g/mol. The molecule has 21 heavy (non-hydrogen) atoms. The average Bonchev–Trinajstić information content (AvgIpc) is 2.47. The summed E-state index contributed by atoms with van der Waals surface area (Å²) in [5, 5.41) is 0. The van der Waals surface area contributed by atoms with Crippen LogP contribution in [0.4, 0.5) is 8.78 Å². The van der Waals surface area contributed by atoms with E-state index in [-0.39, 0.29) is 17.9 Å². The van der Waals surface area contributed by atoms with Gasteiger partial charge in [0.05, 0.1) is 0 Å². The lowest BCUT2D eigenvalue weighted by Crippen LogP contribution is -2.40. The number of benzene rings is 1. The normalized spacial score (nSPS) is 22.1. The molecule has 1 aliphatic carbocycles. The Labute approximate surface area is 124 Å². The van der Waals surface area contributed by atoms with Crippen LogP contribution in [-0.2, 0) is 11.3 Å². The summed E-state index contributed by atoms with van der Waals surface area (Å²) in [4.78, 5) is 14.2. The minimum atomic E-state index is -0.879. The van der Waals surface area contributed by atoms with Crippen molar-refractivity contribution in [2.24, 2.45) is 11.7 Å². The molecule has 0 saturated heterocycles. The lowest BCUT2D eigenvalue weighted by molar-refractivity contribution is -0.137. The van der Waals surface area contributed by atoms with Gasteiger partial charge >= 0.3 is 0 Å². The van der Waals surface area contributed by atoms with Crippen molar-refractivity contribution in [3.63, 3.8) is 0 Å². The molecule has 3 nitrogen and oxygen atoms in total. The number of rotatable bonds is 4. The number of carbonyl (C=O) groups is 1. The maximum Gasteiger partial charge on any atom is 0.226 e. The molecule has 1 aromatic rings. The van der Waals surface area contributed by atoms with Gasteiger partial charge in [0.2, 0.25) is 5.91 Å². The number of hydrogen-bond acceptors (Lipinski definition) is 2. The van der Waals surface area contributed by atoms with Gasteiger partial charge in [-0.3, -0.25) is 4.79 Å². The van der Waals surface area contributed by atoms with Gasteiger partial charge in [-0.25, -0.2) is 8.78 Å². The standard InChI is InChI=1S/C16H22F2N2O/c1-2-20(10-11-6-7-14(17)15(18)8-11)16(21)12-4-3-5-13(19)9-12/h6-8,12-13H,2-5,9-10,19H2,1H3. The van der Waals surface area contributed by atoms with E-state index in [0.717, 1.165) is 31.4 Å². The first-order valence-corrected chi connectivity index (χ1v) is 7.49. The van der Waals surface area contributed by atoms with E-state index >= 15 is 0 Å². The van der Waals surface area contributed by atoms with Gasteiger partial charge in [0, 0.05) is 25.0 Å². The Hall–Kier alpha value is -1.49. The molecule has 1 aliphatic rings. The Balaban J connectivity index is 2.04. The molecule has 5 heteroatoms. The third-order valence-electron chi connectivity index (χ3n) is 4.11. The molecule has 2 rings (SSSR count). The monoisotopic (exact) mass is 296 g/mol. The van der Waals surface area contributed by atoms with Crippen molar-refractivity contribution in [1.82, 2.24) is 4.90 Å². The van der Waals surface area contributed by atoms with E-state index in [1.54, 1.807) is 4.90 Å². The fourth-order valence-electron chi connectivity index (χ4n) is 2.91. The SMILES string of the molecule is CCN(Cc1ccc(F)c(F)c1)C(=O)C1CCCC(N)C1. The highest BCUT2D eigenvalue weighted by Crippen LogP contribution is 2.25. The summed E-state index contributed by atoms with van der Waals surface area (Å²) in [6.07, 6.45) is 3.52. The second-order valence-corrected chi connectivity index (χ2v) is 5.72. The van der Waals surface area contributed by atoms with Crippen LogP contribution in [0, 0.1) is 17.6 Å². The highest BCUT2D eigenvalue weighted by Gasteiger charge is 2.28. The van der Waals surface area contributed by atoms with Crippen molar-refractivity contribution in [2.75, 3.05) is 6.54 Å². The lowest BCUT2D eigenvalue weighted by Gasteiger charge is -2.31. The van der Waals surface area contributed by atoms with Gasteiger partial charge in [0.15, 0.2) is 11.6 Å². The molecule has 0 aliphatic heterocycles. The molecule has 0 heterocycles. The van der Waals surface area contributed by atoms with E-state index in [0.29, 0.717) is 25.1 Å². The molecule has 116 valence electrons. The predicted molar refractivity (Wildman–Crippen MR) is 77.4 cm³/mol. The van der Waals surface area contributed by atoms with E-state index in [2.05, 4.69) is 0 Å². The Morgan fingerprint density at radius 1 is 1.33 bits per heavy atom. The van der Waals surface area contributed by atoms with Crippen LogP contribution >= 0.6 is 0 Å². The molecule has 0 radical (unpaired) electrons. The van der Waals surface area contributed by atoms with Crippen molar-refractivity contribution >= 4 is 5.91 Å². The van der Waals surface area contributed by atoms with Gasteiger partial charge in [-0.05, 0) is 43.9 Å². The summed E-state index contributed by atoms with van der Waals surface area (Å²) in [5.74, 6) is -1.72. The minimum absolute atomic E-state index is 0.0426. The van der Waals surface area contributed by atoms with Crippen LogP contribution in [0.3, 0.4) is 0 Å². The van der Waals surface area contributed by atoms with Crippen LogP contribution in [0.15, 0.2) is 18.2 Å². The summed E-state index contributed by atoms with van der Waals surface area (Å²) < 4.78 is 26.2. The second-order valence-electron chi connectivity index (χ2n) is 5.72. The Bertz CT molecular complexity index is 507. The topological polar surface area (TPSA) is 46.3 Å². The highest BCUT2D eigenvalue weighted by atomic mass is 19.2. The highest BCUT2D eigenvalue weighted by molar-refractivity contribution is 5.79. The van der Waals surface area contributed by atoms with Gasteiger partial charge in [0.25, 0.3) is 0 Å². The summed E-state index contributed by atoms with van der Waals surface area (Å²) >= 11 is 0. The number of carbonyl (C=O) groups excluding carboxylic acids is 1. The third kappa shape index (κ3) is 4.00. The zero-order valence-corrected chi connectivity index (χ0v) is 12.3. The summed E-state index contributed by atoms with van der Waals surface area (Å²) in [6, 6.07) is 3.85. The third-order valence-corrected chi connectivity index (χ3v) is 4.11. The second kappa shape index (κ2) is 6.98. The number of nitrogens with zero attached hydrogens (tertiary/aromatic N) is 1. The first-order chi connectivity index (χ1) is 10.0. The molecule has 0 spiro atoms. The van der Waals surface area contributed by atoms with Gasteiger partial charge in [-0.15, -0.1) is 0 Å². The fraction of sp³-hybridized carbons (Fsp3) is 0.562. The van der Waals surface area contributed by atoms with Crippen LogP contribution in [0.2, 0.25) is 0 Å². The van der Waals surface area contributed by atoms with Crippen LogP contribution in [0.1, 0.15) is 38.2 Å². The van der Waals surface area contributed by atoms with E-state index in [4.69, 9.17) is 5.73 Å². The van der Waals surface area contributed by atoms with Crippen molar-refractivity contribution in [3.8, 4) is 0 Å². The predicted octanol–water partition coefficient (Wildman–Crippen LogP) is 2.83. The van der Waals surface area contributed by atoms with E-state index in [1.165, 1.54) is 6.07 Å². The first kappa shape index (κ1) is 15.9. The van der Waals surface area contributed by atoms with Crippen LogP contribution < -0.4 is 5.73 Å². The van der Waals surface area contributed by atoms with E-state index in [9.17, 15) is 13.6 Å². The molecule has 1 fully saturated rings. The van der Waals surface area contributed by atoms with Crippen molar-refractivity contribution < 1.29 is 13.6 Å². The lowest BCUT2D eigenvalue weighted by atomic mass is 9.85. The molecule has 0 bridgehead atoms. The zero-order chi connectivity index (χ0) is 15.4. The molecule has 1 amide bonds. The summed E-state index contributed by atoms with van der Waals surface area (Å²) in [6.45, 7) is 2.74. The van der Waals surface area contributed by atoms with Crippen LogP contribution in [-0.4, -0.2) is 23.4 Å². The molecule has 1 aromatic carbocycles. The molecule has 2 unspecified atom stereocenters. The first-order valence-electron chi connectivity index (χ1n) is 7.49. The van der Waals surface area contributed by atoms with Gasteiger partial charge < -0.3 is 10.6 Å². The maximum atomic E-state index is 13.2. The summed E-state index contributed by atoms with van der Waals surface area (Å²) in [7, 11) is 0. The molecule has 0 aromatic heterocycles. The van der Waals surface area contributed by atoms with Crippen molar-refractivity contribution in [3.05, 3.63) is 35.4 Å². The maximum absolute atomic E-state index is 13.2. The van der Waals surface area contributed by atoms with E-state index in [1.807, 2.05) is 6.92 Å². The Morgan fingerprint density at radius 3 is 2.71 bits per heavy atom. The van der Waals surface area contributed by atoms with Gasteiger partial charge in [-0.1, -0.05) is 12.5 Å². The number of amides is 1. The average molecular weight is 296 g/mol. The van der Waals surface area contributed by atoms with Crippen molar-refractivity contribution in [1.29, 1.82) is 0 Å². The molecule has 1 saturated carbocycles. The fourth-order valence-corrected chi connectivity index (χ4v) is 2.91. The minimum Gasteiger partial charge on any atom is -0.338 e. The van der Waals surface area contributed by atoms with Gasteiger partial charge in [-0.2, -0.15) is 0 Å². The number of hydrogen-bond donors (Lipinski definition) is 1. The molecule has 2 atom stereocenters.